The first-order valence-electron chi connectivity index (χ1n) is 7.95. The van der Waals surface area contributed by atoms with E-state index in [1.54, 1.807) is 13.8 Å². The van der Waals surface area contributed by atoms with Crippen molar-refractivity contribution in [2.45, 2.75) is 59.4 Å². The predicted octanol–water partition coefficient (Wildman–Crippen LogP) is 0.270. The zero-order valence-electron chi connectivity index (χ0n) is 14.4. The Morgan fingerprint density at radius 2 is 1.52 bits per heavy atom. The zero-order valence-corrected chi connectivity index (χ0v) is 14.4. The van der Waals surface area contributed by atoms with Gasteiger partial charge in [0.05, 0.1) is 0 Å². The number of carbonyl (C=O) groups is 3. The molecule has 0 aliphatic rings. The Labute approximate surface area is 137 Å². The Balaban J connectivity index is 4.40. The van der Waals surface area contributed by atoms with E-state index >= 15 is 0 Å². The summed E-state index contributed by atoms with van der Waals surface area (Å²) >= 11 is 0. The van der Waals surface area contributed by atoms with Crippen LogP contribution in [0, 0.1) is 0 Å². The van der Waals surface area contributed by atoms with Gasteiger partial charge in [-0.3, -0.25) is 14.4 Å². The highest BCUT2D eigenvalue weighted by Gasteiger charge is 2.22. The fraction of sp³-hybridized carbons (Fsp3) is 0.800. The maximum atomic E-state index is 12.3. The van der Waals surface area contributed by atoms with E-state index < -0.39 is 12.5 Å². The second-order valence-electron chi connectivity index (χ2n) is 4.98. The van der Waals surface area contributed by atoms with Crippen LogP contribution in [-0.4, -0.2) is 49.9 Å². The molecule has 8 heteroatoms. The molecule has 0 saturated heterocycles. The SMILES string of the molecule is CCOC(NC(=O)C(CCCCNC(C)=O)NC(C)=O)OCC. The fourth-order valence-corrected chi connectivity index (χ4v) is 1.90. The first-order valence-corrected chi connectivity index (χ1v) is 7.95. The van der Waals surface area contributed by atoms with E-state index in [-0.39, 0.29) is 17.7 Å². The third-order valence-electron chi connectivity index (χ3n) is 2.88. The van der Waals surface area contributed by atoms with Crippen LogP contribution in [0.15, 0.2) is 0 Å². The summed E-state index contributed by atoms with van der Waals surface area (Å²) in [6, 6.07) is -0.659. The molecule has 1 unspecified atom stereocenters. The first-order chi connectivity index (χ1) is 10.9. The number of hydrogen-bond donors (Lipinski definition) is 3. The molecule has 0 heterocycles. The van der Waals surface area contributed by atoms with Gasteiger partial charge in [0.2, 0.25) is 24.1 Å². The van der Waals surface area contributed by atoms with Gasteiger partial charge in [0.15, 0.2) is 0 Å². The monoisotopic (exact) mass is 331 g/mol. The van der Waals surface area contributed by atoms with Crippen LogP contribution in [0.3, 0.4) is 0 Å². The maximum Gasteiger partial charge on any atom is 0.246 e. The van der Waals surface area contributed by atoms with Gasteiger partial charge in [-0.15, -0.1) is 0 Å². The molecule has 0 aliphatic carbocycles. The van der Waals surface area contributed by atoms with Crippen LogP contribution < -0.4 is 16.0 Å². The van der Waals surface area contributed by atoms with Gasteiger partial charge in [0, 0.05) is 33.6 Å². The molecule has 3 amide bonds. The van der Waals surface area contributed by atoms with Crippen LogP contribution in [0.5, 0.6) is 0 Å². The average molecular weight is 331 g/mol. The van der Waals surface area contributed by atoms with Gasteiger partial charge >= 0.3 is 0 Å². The van der Waals surface area contributed by atoms with Crippen molar-refractivity contribution in [3.8, 4) is 0 Å². The molecule has 8 nitrogen and oxygen atoms in total. The summed E-state index contributed by atoms with van der Waals surface area (Å²) in [5.41, 5.74) is 0. The number of ether oxygens (including phenoxy) is 2. The second-order valence-corrected chi connectivity index (χ2v) is 4.98. The van der Waals surface area contributed by atoms with Crippen LogP contribution >= 0.6 is 0 Å². The summed E-state index contributed by atoms with van der Waals surface area (Å²) in [7, 11) is 0. The quantitative estimate of drug-likeness (QED) is 0.352. The Hall–Kier alpha value is -1.67. The minimum Gasteiger partial charge on any atom is -0.356 e. The predicted molar refractivity (Wildman–Crippen MR) is 85.3 cm³/mol. The zero-order chi connectivity index (χ0) is 17.7. The number of amides is 3. The molecule has 3 N–H and O–H groups in total. The van der Waals surface area contributed by atoms with Gasteiger partial charge in [-0.05, 0) is 33.1 Å². The molecule has 0 aromatic heterocycles. The Bertz CT molecular complexity index is 370. The summed E-state index contributed by atoms with van der Waals surface area (Å²) in [5.74, 6) is -0.722. The van der Waals surface area contributed by atoms with Crippen molar-refractivity contribution in [1.29, 1.82) is 0 Å². The van der Waals surface area contributed by atoms with Crippen molar-refractivity contribution < 1.29 is 23.9 Å². The summed E-state index contributed by atoms with van der Waals surface area (Å²) in [6.07, 6.45) is 1.05. The van der Waals surface area contributed by atoms with Crippen molar-refractivity contribution >= 4 is 17.7 Å². The molecule has 0 fully saturated rings. The number of hydrogen-bond acceptors (Lipinski definition) is 5. The van der Waals surface area contributed by atoms with Crippen molar-refractivity contribution in [2.24, 2.45) is 0 Å². The molecule has 1 atom stereocenters. The van der Waals surface area contributed by atoms with E-state index in [0.29, 0.717) is 32.6 Å². The molecule has 134 valence electrons. The van der Waals surface area contributed by atoms with Crippen molar-refractivity contribution in [2.75, 3.05) is 19.8 Å². The van der Waals surface area contributed by atoms with E-state index in [9.17, 15) is 14.4 Å². The molecular formula is C15H29N3O5. The summed E-state index contributed by atoms with van der Waals surface area (Å²) < 4.78 is 10.5. The van der Waals surface area contributed by atoms with Crippen LogP contribution in [0.2, 0.25) is 0 Å². The molecule has 0 aliphatic heterocycles. The minimum atomic E-state index is -0.826. The van der Waals surface area contributed by atoms with E-state index in [1.807, 2.05) is 0 Å². The first kappa shape index (κ1) is 21.3. The average Bonchev–Trinajstić information content (AvgIpc) is 2.45. The Kier molecular flexibility index (Phi) is 11.9. The third-order valence-corrected chi connectivity index (χ3v) is 2.88. The van der Waals surface area contributed by atoms with Crippen LogP contribution in [0.4, 0.5) is 0 Å². The topological polar surface area (TPSA) is 106 Å². The van der Waals surface area contributed by atoms with Crippen molar-refractivity contribution in [3.63, 3.8) is 0 Å². The van der Waals surface area contributed by atoms with Gasteiger partial charge in [-0.25, -0.2) is 0 Å². The third kappa shape index (κ3) is 11.5. The highest BCUT2D eigenvalue weighted by atomic mass is 16.7. The van der Waals surface area contributed by atoms with E-state index in [4.69, 9.17) is 9.47 Å². The number of nitrogens with one attached hydrogen (secondary N) is 3. The van der Waals surface area contributed by atoms with Crippen LogP contribution in [0.1, 0.15) is 47.0 Å². The molecule has 0 radical (unpaired) electrons. The molecule has 0 aromatic rings. The highest BCUT2D eigenvalue weighted by molar-refractivity contribution is 5.86. The summed E-state index contributed by atoms with van der Waals surface area (Å²) in [6.45, 7) is 7.75. The lowest BCUT2D eigenvalue weighted by Gasteiger charge is -2.22. The maximum absolute atomic E-state index is 12.3. The van der Waals surface area contributed by atoms with Gasteiger partial charge in [0.1, 0.15) is 6.04 Å². The lowest BCUT2D eigenvalue weighted by atomic mass is 10.1. The second kappa shape index (κ2) is 12.8. The number of carbonyl (C=O) groups excluding carboxylic acids is 3. The highest BCUT2D eigenvalue weighted by Crippen LogP contribution is 2.03. The lowest BCUT2D eigenvalue weighted by Crippen LogP contribution is -2.50. The van der Waals surface area contributed by atoms with Crippen molar-refractivity contribution in [3.05, 3.63) is 0 Å². The molecule has 0 spiro atoms. The molecule has 0 rings (SSSR count). The normalized spacial score (nSPS) is 11.9. The number of rotatable bonds is 12. The van der Waals surface area contributed by atoms with Crippen LogP contribution in [0.25, 0.3) is 0 Å². The lowest BCUT2D eigenvalue weighted by molar-refractivity contribution is -0.167. The number of unbranched alkanes of at least 4 members (excludes halogenated alkanes) is 1. The van der Waals surface area contributed by atoms with E-state index in [2.05, 4.69) is 16.0 Å². The van der Waals surface area contributed by atoms with Gasteiger partial charge < -0.3 is 25.4 Å². The molecule has 23 heavy (non-hydrogen) atoms. The standard InChI is InChI=1S/C15H29N3O5/c1-5-22-15(23-6-2)18-14(21)13(17-12(4)20)9-7-8-10-16-11(3)19/h13,15H,5-10H2,1-4H3,(H,16,19)(H,17,20)(H,18,21). The van der Waals surface area contributed by atoms with Gasteiger partial charge in [-0.1, -0.05) is 0 Å². The smallest absolute Gasteiger partial charge is 0.246 e. The van der Waals surface area contributed by atoms with E-state index in [0.717, 1.165) is 6.42 Å². The largest absolute Gasteiger partial charge is 0.356 e. The molecular weight excluding hydrogens is 302 g/mol. The minimum absolute atomic E-state index is 0.0857. The van der Waals surface area contributed by atoms with E-state index in [1.165, 1.54) is 13.8 Å². The molecule has 0 bridgehead atoms. The van der Waals surface area contributed by atoms with Crippen LogP contribution in [-0.2, 0) is 23.9 Å². The Morgan fingerprint density at radius 1 is 0.913 bits per heavy atom. The fourth-order valence-electron chi connectivity index (χ4n) is 1.90. The Morgan fingerprint density at radius 3 is 2.00 bits per heavy atom. The molecule has 0 saturated carbocycles. The van der Waals surface area contributed by atoms with Crippen molar-refractivity contribution in [1.82, 2.24) is 16.0 Å². The van der Waals surface area contributed by atoms with Gasteiger partial charge in [-0.2, -0.15) is 0 Å². The molecule has 0 aromatic carbocycles. The summed E-state index contributed by atoms with van der Waals surface area (Å²) in [4.78, 5) is 34.3. The van der Waals surface area contributed by atoms with Gasteiger partial charge in [0.25, 0.3) is 0 Å². The summed E-state index contributed by atoms with van der Waals surface area (Å²) in [5, 5.41) is 7.92.